The van der Waals surface area contributed by atoms with Crippen molar-refractivity contribution in [3.8, 4) is 0 Å². The van der Waals surface area contributed by atoms with Crippen LogP contribution < -0.4 is 0 Å². The van der Waals surface area contributed by atoms with Gasteiger partial charge < -0.3 is 9.84 Å². The number of unbranched alkanes of at least 4 members (excludes halogenated alkanes) is 4. The first-order chi connectivity index (χ1) is 8.33. The summed E-state index contributed by atoms with van der Waals surface area (Å²) in [5.74, 6) is 0. The Kier molecular flexibility index (Phi) is 7.97. The monoisotopic (exact) mass is 257 g/mol. The van der Waals surface area contributed by atoms with Gasteiger partial charge in [0.1, 0.15) is 5.15 Å². The predicted molar refractivity (Wildman–Crippen MR) is 69.1 cm³/mol. The summed E-state index contributed by atoms with van der Waals surface area (Å²) in [7, 11) is 0. The molecule has 1 N–H and O–H groups in total. The zero-order valence-electron chi connectivity index (χ0n) is 10.1. The van der Waals surface area contributed by atoms with Crippen molar-refractivity contribution >= 4 is 11.6 Å². The molecule has 1 rings (SSSR count). The molecule has 0 unspecified atom stereocenters. The van der Waals surface area contributed by atoms with E-state index >= 15 is 0 Å². The van der Waals surface area contributed by atoms with Gasteiger partial charge in [0.05, 0.1) is 12.3 Å². The van der Waals surface area contributed by atoms with E-state index in [-0.39, 0.29) is 0 Å². The summed E-state index contributed by atoms with van der Waals surface area (Å²) >= 11 is 5.77. The van der Waals surface area contributed by atoms with Crippen LogP contribution in [0.2, 0.25) is 5.15 Å². The van der Waals surface area contributed by atoms with E-state index < -0.39 is 0 Å². The van der Waals surface area contributed by atoms with Gasteiger partial charge in [-0.25, -0.2) is 4.98 Å². The smallest absolute Gasteiger partial charge is 0.129 e. The quantitative estimate of drug-likeness (QED) is 0.546. The van der Waals surface area contributed by atoms with Gasteiger partial charge in [0.15, 0.2) is 0 Å². The first-order valence-electron chi connectivity index (χ1n) is 6.13. The SMILES string of the molecule is OCCCCCCCOCc1cccc(Cl)n1. The molecule has 0 aliphatic heterocycles. The lowest BCUT2D eigenvalue weighted by molar-refractivity contribution is 0.114. The third kappa shape index (κ3) is 7.31. The number of aromatic nitrogens is 1. The lowest BCUT2D eigenvalue weighted by atomic mass is 10.1. The maximum atomic E-state index is 8.61. The van der Waals surface area contributed by atoms with Crippen molar-refractivity contribution in [1.82, 2.24) is 4.98 Å². The molecule has 1 heterocycles. The summed E-state index contributed by atoms with van der Waals surface area (Å²) in [5.41, 5.74) is 0.873. The molecule has 96 valence electrons. The molecule has 1 aromatic rings. The summed E-state index contributed by atoms with van der Waals surface area (Å²) in [6.07, 6.45) is 5.40. The number of hydrogen-bond acceptors (Lipinski definition) is 3. The Labute approximate surface area is 108 Å². The molecule has 0 fully saturated rings. The Bertz CT molecular complexity index is 307. The van der Waals surface area contributed by atoms with Crippen LogP contribution >= 0.6 is 11.6 Å². The van der Waals surface area contributed by atoms with Gasteiger partial charge in [0.2, 0.25) is 0 Å². The van der Waals surface area contributed by atoms with Crippen LogP contribution in [-0.2, 0) is 11.3 Å². The summed E-state index contributed by atoms with van der Waals surface area (Å²) < 4.78 is 5.51. The maximum absolute atomic E-state index is 8.61. The number of pyridine rings is 1. The van der Waals surface area contributed by atoms with Crippen molar-refractivity contribution in [2.75, 3.05) is 13.2 Å². The largest absolute Gasteiger partial charge is 0.396 e. The van der Waals surface area contributed by atoms with E-state index in [9.17, 15) is 0 Å². The number of halogens is 1. The fourth-order valence-electron chi connectivity index (χ4n) is 1.55. The van der Waals surface area contributed by atoms with Gasteiger partial charge in [-0.1, -0.05) is 36.9 Å². The van der Waals surface area contributed by atoms with E-state index in [4.69, 9.17) is 21.4 Å². The first kappa shape index (κ1) is 14.4. The Morgan fingerprint density at radius 2 is 1.88 bits per heavy atom. The second-order valence-corrected chi connectivity index (χ2v) is 4.38. The molecule has 4 heteroatoms. The molecule has 0 aliphatic rings. The first-order valence-corrected chi connectivity index (χ1v) is 6.51. The average Bonchev–Trinajstić information content (AvgIpc) is 2.33. The third-order valence-corrected chi connectivity index (χ3v) is 2.68. The Hall–Kier alpha value is -0.640. The van der Waals surface area contributed by atoms with Gasteiger partial charge in [-0.3, -0.25) is 0 Å². The number of aliphatic hydroxyl groups is 1. The number of rotatable bonds is 9. The van der Waals surface area contributed by atoms with Crippen LogP contribution in [0.25, 0.3) is 0 Å². The van der Waals surface area contributed by atoms with E-state index in [2.05, 4.69) is 4.98 Å². The fraction of sp³-hybridized carbons (Fsp3) is 0.615. The van der Waals surface area contributed by atoms with E-state index in [1.54, 1.807) is 6.07 Å². The highest BCUT2D eigenvalue weighted by Gasteiger charge is 1.96. The minimum atomic E-state index is 0.303. The third-order valence-electron chi connectivity index (χ3n) is 2.47. The van der Waals surface area contributed by atoms with Gasteiger partial charge in [-0.2, -0.15) is 0 Å². The molecule has 0 spiro atoms. The van der Waals surface area contributed by atoms with Gasteiger partial charge in [0.25, 0.3) is 0 Å². The molecule has 0 amide bonds. The lowest BCUT2D eigenvalue weighted by Gasteiger charge is -2.04. The highest BCUT2D eigenvalue weighted by Crippen LogP contribution is 2.07. The molecule has 0 saturated carbocycles. The molecule has 0 bridgehead atoms. The average molecular weight is 258 g/mol. The minimum Gasteiger partial charge on any atom is -0.396 e. The van der Waals surface area contributed by atoms with E-state index in [1.807, 2.05) is 12.1 Å². The van der Waals surface area contributed by atoms with Crippen LogP contribution in [0.15, 0.2) is 18.2 Å². The molecule has 0 atom stereocenters. The molecular formula is C13H20ClNO2. The van der Waals surface area contributed by atoms with Crippen LogP contribution in [0, 0.1) is 0 Å². The van der Waals surface area contributed by atoms with Crippen molar-refractivity contribution in [2.45, 2.75) is 38.7 Å². The molecular weight excluding hydrogens is 238 g/mol. The zero-order valence-corrected chi connectivity index (χ0v) is 10.8. The van der Waals surface area contributed by atoms with E-state index in [0.717, 1.165) is 38.0 Å². The summed E-state index contributed by atoms with van der Waals surface area (Å²) in [4.78, 5) is 4.14. The van der Waals surface area contributed by atoms with Crippen LogP contribution in [-0.4, -0.2) is 23.3 Å². The minimum absolute atomic E-state index is 0.303. The van der Waals surface area contributed by atoms with Crippen molar-refractivity contribution in [3.63, 3.8) is 0 Å². The van der Waals surface area contributed by atoms with Gasteiger partial charge in [-0.05, 0) is 25.0 Å². The highest BCUT2D eigenvalue weighted by atomic mass is 35.5. The van der Waals surface area contributed by atoms with Crippen LogP contribution in [0.3, 0.4) is 0 Å². The predicted octanol–water partition coefficient (Wildman–Crippen LogP) is 3.19. The topological polar surface area (TPSA) is 42.4 Å². The number of nitrogens with zero attached hydrogens (tertiary/aromatic N) is 1. The Morgan fingerprint density at radius 1 is 1.12 bits per heavy atom. The summed E-state index contributed by atoms with van der Waals surface area (Å²) in [6.45, 7) is 1.58. The second-order valence-electron chi connectivity index (χ2n) is 4.00. The molecule has 0 aromatic carbocycles. The van der Waals surface area contributed by atoms with E-state index in [0.29, 0.717) is 18.4 Å². The molecule has 1 aromatic heterocycles. The molecule has 0 saturated heterocycles. The van der Waals surface area contributed by atoms with Crippen LogP contribution in [0.4, 0.5) is 0 Å². The molecule has 17 heavy (non-hydrogen) atoms. The normalized spacial score (nSPS) is 10.7. The molecule has 0 aliphatic carbocycles. The van der Waals surface area contributed by atoms with Crippen LogP contribution in [0.1, 0.15) is 37.8 Å². The van der Waals surface area contributed by atoms with Crippen LogP contribution in [0.5, 0.6) is 0 Å². The highest BCUT2D eigenvalue weighted by molar-refractivity contribution is 6.29. The molecule has 3 nitrogen and oxygen atoms in total. The number of aliphatic hydroxyl groups excluding tert-OH is 1. The van der Waals surface area contributed by atoms with Crippen molar-refractivity contribution < 1.29 is 9.84 Å². The van der Waals surface area contributed by atoms with Crippen molar-refractivity contribution in [1.29, 1.82) is 0 Å². The standard InChI is InChI=1S/C13H20ClNO2/c14-13-8-6-7-12(15-13)11-17-10-5-3-1-2-4-9-16/h6-8,16H,1-5,9-11H2. The van der Waals surface area contributed by atoms with Gasteiger partial charge in [0, 0.05) is 13.2 Å². The van der Waals surface area contributed by atoms with Gasteiger partial charge >= 0.3 is 0 Å². The lowest BCUT2D eigenvalue weighted by Crippen LogP contribution is -1.98. The van der Waals surface area contributed by atoms with Crippen molar-refractivity contribution in [3.05, 3.63) is 29.0 Å². The summed E-state index contributed by atoms with van der Waals surface area (Å²) in [6, 6.07) is 5.54. The summed E-state index contributed by atoms with van der Waals surface area (Å²) in [5, 5.41) is 9.12. The number of hydrogen-bond donors (Lipinski definition) is 1. The second kappa shape index (κ2) is 9.40. The maximum Gasteiger partial charge on any atom is 0.129 e. The fourth-order valence-corrected chi connectivity index (χ4v) is 1.73. The zero-order chi connectivity index (χ0) is 12.3. The van der Waals surface area contributed by atoms with Crippen molar-refractivity contribution in [2.24, 2.45) is 0 Å². The van der Waals surface area contributed by atoms with Gasteiger partial charge in [-0.15, -0.1) is 0 Å². The molecule has 0 radical (unpaired) electrons. The Balaban J connectivity index is 1.97. The number of ether oxygens (including phenoxy) is 1. The Morgan fingerprint density at radius 3 is 2.65 bits per heavy atom. The van der Waals surface area contributed by atoms with E-state index in [1.165, 1.54) is 6.42 Å².